The Hall–Kier alpha value is -1.41. The molecule has 2 atom stereocenters. The van der Waals surface area contributed by atoms with Crippen LogP contribution < -0.4 is 0 Å². The monoisotopic (exact) mass is 316 g/mol. The van der Waals surface area contributed by atoms with Crippen molar-refractivity contribution in [1.29, 1.82) is 0 Å². The maximum Gasteiger partial charge on any atom is 0.307 e. The number of aliphatic carboxylic acids is 1. The van der Waals surface area contributed by atoms with E-state index in [1.807, 2.05) is 0 Å². The molecule has 0 radical (unpaired) electrons. The maximum atomic E-state index is 12.6. The van der Waals surface area contributed by atoms with Gasteiger partial charge in [0.15, 0.2) is 0 Å². The van der Waals surface area contributed by atoms with Crippen molar-refractivity contribution < 1.29 is 22.8 Å². The van der Waals surface area contributed by atoms with E-state index in [4.69, 9.17) is 9.63 Å². The zero-order chi connectivity index (χ0) is 15.8. The molecule has 1 aliphatic rings. The van der Waals surface area contributed by atoms with Gasteiger partial charge in [-0.2, -0.15) is 0 Å². The van der Waals surface area contributed by atoms with Gasteiger partial charge in [0.1, 0.15) is 5.76 Å². The number of carboxylic acid groups (broad SMARTS) is 1. The molecule has 0 aliphatic heterocycles. The summed E-state index contributed by atoms with van der Waals surface area (Å²) in [4.78, 5) is 11.2. The topological polar surface area (TPSA) is 101 Å². The SMILES string of the molecule is Cc1noc(C)c1CN(C)S(=O)(=O)C1CCCC1C(=O)O. The molecule has 1 aliphatic carbocycles. The molecule has 1 N–H and O–H groups in total. The van der Waals surface area contributed by atoms with Gasteiger partial charge in [-0.1, -0.05) is 11.6 Å². The van der Waals surface area contributed by atoms with Gasteiger partial charge < -0.3 is 9.63 Å². The second-order valence-electron chi connectivity index (χ2n) is 5.52. The first-order valence-corrected chi connectivity index (χ1v) is 8.35. The van der Waals surface area contributed by atoms with Crippen LogP contribution in [0.4, 0.5) is 0 Å². The highest BCUT2D eigenvalue weighted by Gasteiger charge is 2.43. The van der Waals surface area contributed by atoms with Crippen LogP contribution in [0.3, 0.4) is 0 Å². The normalized spacial score (nSPS) is 22.9. The molecule has 8 heteroatoms. The van der Waals surface area contributed by atoms with Crippen LogP contribution in [0.5, 0.6) is 0 Å². The zero-order valence-electron chi connectivity index (χ0n) is 12.4. The van der Waals surface area contributed by atoms with E-state index >= 15 is 0 Å². The molecular weight excluding hydrogens is 296 g/mol. The van der Waals surface area contributed by atoms with E-state index in [1.54, 1.807) is 13.8 Å². The van der Waals surface area contributed by atoms with Crippen LogP contribution in [-0.4, -0.2) is 41.3 Å². The van der Waals surface area contributed by atoms with E-state index in [0.29, 0.717) is 30.7 Å². The van der Waals surface area contributed by atoms with Crippen molar-refractivity contribution in [1.82, 2.24) is 9.46 Å². The summed E-state index contributed by atoms with van der Waals surface area (Å²) in [5, 5.41) is 12.1. The van der Waals surface area contributed by atoms with Gasteiger partial charge in [0, 0.05) is 19.2 Å². The lowest BCUT2D eigenvalue weighted by Crippen LogP contribution is -2.40. The molecule has 0 amide bonds. The Labute approximate surface area is 124 Å². The molecule has 2 unspecified atom stereocenters. The first kappa shape index (κ1) is 16.0. The van der Waals surface area contributed by atoms with E-state index < -0.39 is 27.2 Å². The third kappa shape index (κ3) is 2.96. The maximum absolute atomic E-state index is 12.6. The Kier molecular flexibility index (Phi) is 4.38. The minimum atomic E-state index is -3.66. The highest BCUT2D eigenvalue weighted by atomic mass is 32.2. The molecule has 2 rings (SSSR count). The summed E-state index contributed by atoms with van der Waals surface area (Å²) in [6, 6.07) is 0. The Morgan fingerprint density at radius 2 is 2.10 bits per heavy atom. The third-order valence-corrected chi connectivity index (χ3v) is 6.48. The van der Waals surface area contributed by atoms with Gasteiger partial charge in [-0.15, -0.1) is 0 Å². The van der Waals surface area contributed by atoms with E-state index in [0.717, 1.165) is 5.56 Å². The summed E-state index contributed by atoms with van der Waals surface area (Å²) >= 11 is 0. The van der Waals surface area contributed by atoms with Crippen LogP contribution in [0.15, 0.2) is 4.52 Å². The third-order valence-electron chi connectivity index (χ3n) is 4.15. The van der Waals surface area contributed by atoms with Crippen LogP contribution in [-0.2, 0) is 21.4 Å². The fourth-order valence-electron chi connectivity index (χ4n) is 2.84. The fourth-order valence-corrected chi connectivity index (χ4v) is 4.74. The summed E-state index contributed by atoms with van der Waals surface area (Å²) in [6.45, 7) is 3.62. The Morgan fingerprint density at radius 3 is 2.62 bits per heavy atom. The number of rotatable bonds is 5. The van der Waals surface area contributed by atoms with Crippen LogP contribution >= 0.6 is 0 Å². The van der Waals surface area contributed by atoms with Gasteiger partial charge in [-0.05, 0) is 26.7 Å². The minimum Gasteiger partial charge on any atom is -0.481 e. The van der Waals surface area contributed by atoms with E-state index in [-0.39, 0.29) is 6.54 Å². The number of aromatic nitrogens is 1. The largest absolute Gasteiger partial charge is 0.481 e. The number of sulfonamides is 1. The molecule has 1 saturated carbocycles. The lowest BCUT2D eigenvalue weighted by molar-refractivity contribution is -0.141. The molecule has 0 spiro atoms. The fraction of sp³-hybridized carbons (Fsp3) is 0.692. The molecule has 0 aromatic carbocycles. The van der Waals surface area contributed by atoms with Gasteiger partial charge in [0.25, 0.3) is 0 Å². The lowest BCUT2D eigenvalue weighted by atomic mass is 10.1. The van der Waals surface area contributed by atoms with Crippen LogP contribution in [0.25, 0.3) is 0 Å². The van der Waals surface area contributed by atoms with Crippen molar-refractivity contribution in [3.63, 3.8) is 0 Å². The summed E-state index contributed by atoms with van der Waals surface area (Å²) in [6.07, 6.45) is 1.43. The summed E-state index contributed by atoms with van der Waals surface area (Å²) in [5.74, 6) is -1.27. The van der Waals surface area contributed by atoms with E-state index in [1.165, 1.54) is 11.4 Å². The first-order valence-electron chi connectivity index (χ1n) is 6.85. The average molecular weight is 316 g/mol. The molecule has 118 valence electrons. The van der Waals surface area contributed by atoms with Crippen molar-refractivity contribution in [3.8, 4) is 0 Å². The predicted molar refractivity (Wildman–Crippen MR) is 75.1 cm³/mol. The highest BCUT2D eigenvalue weighted by Crippen LogP contribution is 2.33. The van der Waals surface area contributed by atoms with Gasteiger partial charge in [0.05, 0.1) is 16.9 Å². The van der Waals surface area contributed by atoms with Gasteiger partial charge in [0.2, 0.25) is 10.0 Å². The number of hydrogen-bond acceptors (Lipinski definition) is 5. The highest BCUT2D eigenvalue weighted by molar-refractivity contribution is 7.89. The standard InChI is InChI=1S/C13H20N2O5S/c1-8-11(9(2)20-14-8)7-15(3)21(18,19)12-6-4-5-10(12)13(16)17/h10,12H,4-7H2,1-3H3,(H,16,17). The van der Waals surface area contributed by atoms with Crippen LogP contribution in [0.2, 0.25) is 0 Å². The second kappa shape index (κ2) is 5.76. The second-order valence-corrected chi connectivity index (χ2v) is 7.78. The van der Waals surface area contributed by atoms with Crippen molar-refractivity contribution >= 4 is 16.0 Å². The number of carboxylic acids is 1. The molecule has 1 fully saturated rings. The number of hydrogen-bond donors (Lipinski definition) is 1. The quantitative estimate of drug-likeness (QED) is 0.879. The molecule has 0 saturated heterocycles. The Bertz CT molecular complexity index is 617. The van der Waals surface area contributed by atoms with Crippen molar-refractivity contribution in [3.05, 3.63) is 17.0 Å². The molecule has 1 aromatic rings. The molecule has 21 heavy (non-hydrogen) atoms. The molecule has 1 aromatic heterocycles. The van der Waals surface area contributed by atoms with E-state index in [9.17, 15) is 13.2 Å². The molecule has 7 nitrogen and oxygen atoms in total. The Morgan fingerprint density at radius 1 is 1.43 bits per heavy atom. The van der Waals surface area contributed by atoms with Gasteiger partial charge in [-0.3, -0.25) is 4.79 Å². The van der Waals surface area contributed by atoms with Gasteiger partial charge >= 0.3 is 5.97 Å². The number of nitrogens with zero attached hydrogens (tertiary/aromatic N) is 2. The van der Waals surface area contributed by atoms with Crippen LogP contribution in [0.1, 0.15) is 36.3 Å². The molecule has 0 bridgehead atoms. The summed E-state index contributed by atoms with van der Waals surface area (Å²) in [5.41, 5.74) is 1.38. The van der Waals surface area contributed by atoms with Crippen LogP contribution in [0, 0.1) is 19.8 Å². The van der Waals surface area contributed by atoms with Crippen molar-refractivity contribution in [2.45, 2.75) is 44.9 Å². The lowest BCUT2D eigenvalue weighted by Gasteiger charge is -2.24. The number of aryl methyl sites for hydroxylation is 2. The molecule has 1 heterocycles. The number of carbonyl (C=O) groups is 1. The first-order chi connectivity index (χ1) is 9.75. The summed E-state index contributed by atoms with van der Waals surface area (Å²) in [7, 11) is -2.19. The zero-order valence-corrected chi connectivity index (χ0v) is 13.2. The van der Waals surface area contributed by atoms with E-state index in [2.05, 4.69) is 5.16 Å². The van der Waals surface area contributed by atoms with Crippen molar-refractivity contribution in [2.75, 3.05) is 7.05 Å². The molecular formula is C13H20N2O5S. The van der Waals surface area contributed by atoms with Crippen molar-refractivity contribution in [2.24, 2.45) is 5.92 Å². The van der Waals surface area contributed by atoms with Gasteiger partial charge in [-0.25, -0.2) is 12.7 Å². The Balaban J connectivity index is 2.21. The predicted octanol–water partition coefficient (Wildman–Crippen LogP) is 1.31. The minimum absolute atomic E-state index is 0.145. The average Bonchev–Trinajstić information content (AvgIpc) is 3.01. The summed E-state index contributed by atoms with van der Waals surface area (Å²) < 4.78 is 31.5. The smallest absolute Gasteiger partial charge is 0.307 e.